The first kappa shape index (κ1) is 11.0. The van der Waals surface area contributed by atoms with Crippen LogP contribution in [0.2, 0.25) is 0 Å². The van der Waals surface area contributed by atoms with Crippen molar-refractivity contribution < 1.29 is 5.11 Å². The molecule has 0 unspecified atom stereocenters. The van der Waals surface area contributed by atoms with Gasteiger partial charge in [0, 0.05) is 13.2 Å². The molecule has 0 atom stereocenters. The Morgan fingerprint density at radius 1 is 1.43 bits per heavy atom. The van der Waals surface area contributed by atoms with Crippen molar-refractivity contribution in [2.45, 2.75) is 6.42 Å². The van der Waals surface area contributed by atoms with E-state index in [2.05, 4.69) is 29.6 Å². The average Bonchev–Trinajstić information content (AvgIpc) is 2.19. The fourth-order valence-electron chi connectivity index (χ4n) is 1.29. The SMILES string of the molecule is CNCC=Cc1cccc(CCO)c1. The first-order valence-corrected chi connectivity index (χ1v) is 4.87. The average molecular weight is 191 g/mol. The van der Waals surface area contributed by atoms with Crippen molar-refractivity contribution in [3.63, 3.8) is 0 Å². The van der Waals surface area contributed by atoms with Crippen molar-refractivity contribution in [3.05, 3.63) is 41.5 Å². The monoisotopic (exact) mass is 191 g/mol. The molecule has 0 heterocycles. The molecule has 1 aromatic carbocycles. The number of aliphatic hydroxyl groups is 1. The fourth-order valence-corrected chi connectivity index (χ4v) is 1.29. The van der Waals surface area contributed by atoms with Gasteiger partial charge in [-0.3, -0.25) is 0 Å². The zero-order valence-corrected chi connectivity index (χ0v) is 8.53. The van der Waals surface area contributed by atoms with Gasteiger partial charge in [0.25, 0.3) is 0 Å². The molecule has 0 radical (unpaired) electrons. The zero-order valence-electron chi connectivity index (χ0n) is 8.53. The summed E-state index contributed by atoms with van der Waals surface area (Å²) < 4.78 is 0. The van der Waals surface area contributed by atoms with E-state index in [9.17, 15) is 0 Å². The molecule has 2 nitrogen and oxygen atoms in total. The van der Waals surface area contributed by atoms with Crippen LogP contribution in [0, 0.1) is 0 Å². The second-order valence-corrected chi connectivity index (χ2v) is 3.18. The first-order valence-electron chi connectivity index (χ1n) is 4.87. The van der Waals surface area contributed by atoms with Crippen LogP contribution in [0.15, 0.2) is 30.3 Å². The molecule has 0 aromatic heterocycles. The van der Waals surface area contributed by atoms with Gasteiger partial charge in [-0.25, -0.2) is 0 Å². The maximum absolute atomic E-state index is 8.80. The highest BCUT2D eigenvalue weighted by Crippen LogP contribution is 2.07. The second kappa shape index (κ2) is 6.35. The number of aliphatic hydroxyl groups excluding tert-OH is 1. The number of rotatable bonds is 5. The van der Waals surface area contributed by atoms with Crippen molar-refractivity contribution in [1.29, 1.82) is 0 Å². The molecule has 0 spiro atoms. The van der Waals surface area contributed by atoms with Gasteiger partial charge in [-0.05, 0) is 24.6 Å². The van der Waals surface area contributed by atoms with E-state index < -0.39 is 0 Å². The molecule has 1 aromatic rings. The molecule has 0 saturated heterocycles. The molecule has 0 bridgehead atoms. The van der Waals surface area contributed by atoms with E-state index in [1.165, 1.54) is 11.1 Å². The molecule has 76 valence electrons. The highest BCUT2D eigenvalue weighted by molar-refractivity contribution is 5.50. The van der Waals surface area contributed by atoms with Gasteiger partial charge >= 0.3 is 0 Å². The van der Waals surface area contributed by atoms with Gasteiger partial charge in [0.2, 0.25) is 0 Å². The van der Waals surface area contributed by atoms with Crippen LogP contribution in [-0.2, 0) is 6.42 Å². The Labute approximate surface area is 85.3 Å². The van der Waals surface area contributed by atoms with Gasteiger partial charge in [0.15, 0.2) is 0 Å². The van der Waals surface area contributed by atoms with Crippen LogP contribution in [-0.4, -0.2) is 25.3 Å². The standard InChI is InChI=1S/C12H17NO/c1-13-8-3-6-11-4-2-5-12(10-11)7-9-14/h2-6,10,13-14H,7-9H2,1H3. The van der Waals surface area contributed by atoms with Crippen LogP contribution in [0.25, 0.3) is 6.08 Å². The van der Waals surface area contributed by atoms with Gasteiger partial charge in [0.1, 0.15) is 0 Å². The fraction of sp³-hybridized carbons (Fsp3) is 0.333. The van der Waals surface area contributed by atoms with Crippen LogP contribution in [0.1, 0.15) is 11.1 Å². The van der Waals surface area contributed by atoms with Gasteiger partial charge in [-0.15, -0.1) is 0 Å². The van der Waals surface area contributed by atoms with Gasteiger partial charge < -0.3 is 10.4 Å². The highest BCUT2D eigenvalue weighted by atomic mass is 16.2. The Bertz CT molecular complexity index is 294. The quantitative estimate of drug-likeness (QED) is 0.738. The normalized spacial score (nSPS) is 11.0. The molecule has 2 N–H and O–H groups in total. The Balaban J connectivity index is 2.63. The summed E-state index contributed by atoms with van der Waals surface area (Å²) in [6.07, 6.45) is 4.89. The molecule has 0 fully saturated rings. The molecule has 0 saturated carbocycles. The topological polar surface area (TPSA) is 32.3 Å². The van der Waals surface area contributed by atoms with Crippen molar-refractivity contribution in [1.82, 2.24) is 5.32 Å². The lowest BCUT2D eigenvalue weighted by atomic mass is 10.1. The molecule has 0 aliphatic heterocycles. The van der Waals surface area contributed by atoms with Crippen molar-refractivity contribution in [2.75, 3.05) is 20.2 Å². The number of benzene rings is 1. The third-order valence-corrected chi connectivity index (χ3v) is 1.98. The Hall–Kier alpha value is -1.12. The summed E-state index contributed by atoms with van der Waals surface area (Å²) in [6.45, 7) is 1.09. The Morgan fingerprint density at radius 3 is 3.00 bits per heavy atom. The molecule has 0 amide bonds. The number of hydrogen-bond donors (Lipinski definition) is 2. The van der Waals surface area contributed by atoms with Gasteiger partial charge in [0.05, 0.1) is 0 Å². The molecule has 0 aliphatic rings. The van der Waals surface area contributed by atoms with E-state index in [-0.39, 0.29) is 6.61 Å². The van der Waals surface area contributed by atoms with Crippen LogP contribution >= 0.6 is 0 Å². The van der Waals surface area contributed by atoms with Crippen molar-refractivity contribution in [3.8, 4) is 0 Å². The summed E-state index contributed by atoms with van der Waals surface area (Å²) in [5.74, 6) is 0. The molecule has 0 aliphatic carbocycles. The van der Waals surface area contributed by atoms with E-state index in [1.807, 2.05) is 19.2 Å². The molecular formula is C12H17NO. The lowest BCUT2D eigenvalue weighted by Gasteiger charge is -1.99. The van der Waals surface area contributed by atoms with E-state index >= 15 is 0 Å². The van der Waals surface area contributed by atoms with Crippen LogP contribution in [0.3, 0.4) is 0 Å². The molecular weight excluding hydrogens is 174 g/mol. The summed E-state index contributed by atoms with van der Waals surface area (Å²) in [7, 11) is 1.92. The van der Waals surface area contributed by atoms with Crippen molar-refractivity contribution in [2.24, 2.45) is 0 Å². The predicted molar refractivity (Wildman–Crippen MR) is 60.2 cm³/mol. The zero-order chi connectivity index (χ0) is 10.2. The molecule has 14 heavy (non-hydrogen) atoms. The minimum atomic E-state index is 0.212. The predicted octanol–water partition coefficient (Wildman–Crippen LogP) is 1.45. The maximum Gasteiger partial charge on any atom is 0.0471 e. The first-order chi connectivity index (χ1) is 6.86. The summed E-state index contributed by atoms with van der Waals surface area (Å²) in [5, 5.41) is 11.8. The van der Waals surface area contributed by atoms with Crippen LogP contribution < -0.4 is 5.32 Å². The summed E-state index contributed by atoms with van der Waals surface area (Å²) in [4.78, 5) is 0. The van der Waals surface area contributed by atoms with Gasteiger partial charge in [-0.1, -0.05) is 36.4 Å². The largest absolute Gasteiger partial charge is 0.396 e. The highest BCUT2D eigenvalue weighted by Gasteiger charge is 1.91. The summed E-state index contributed by atoms with van der Waals surface area (Å²) in [5.41, 5.74) is 2.37. The van der Waals surface area contributed by atoms with E-state index in [4.69, 9.17) is 5.11 Å². The van der Waals surface area contributed by atoms with Gasteiger partial charge in [-0.2, -0.15) is 0 Å². The molecule has 1 rings (SSSR count). The second-order valence-electron chi connectivity index (χ2n) is 3.18. The lowest BCUT2D eigenvalue weighted by Crippen LogP contribution is -2.03. The summed E-state index contributed by atoms with van der Waals surface area (Å²) >= 11 is 0. The van der Waals surface area contributed by atoms with Crippen LogP contribution in [0.5, 0.6) is 0 Å². The third-order valence-electron chi connectivity index (χ3n) is 1.98. The minimum Gasteiger partial charge on any atom is -0.396 e. The van der Waals surface area contributed by atoms with Crippen molar-refractivity contribution >= 4 is 6.08 Å². The third kappa shape index (κ3) is 3.73. The van der Waals surface area contributed by atoms with E-state index in [0.717, 1.165) is 13.0 Å². The Morgan fingerprint density at radius 2 is 2.29 bits per heavy atom. The van der Waals surface area contributed by atoms with E-state index in [1.54, 1.807) is 0 Å². The molecule has 2 heteroatoms. The number of hydrogen-bond acceptors (Lipinski definition) is 2. The number of likely N-dealkylation sites (N-methyl/N-ethyl adjacent to an activating group) is 1. The lowest BCUT2D eigenvalue weighted by molar-refractivity contribution is 0.299. The van der Waals surface area contributed by atoms with Crippen LogP contribution in [0.4, 0.5) is 0 Å². The minimum absolute atomic E-state index is 0.212. The maximum atomic E-state index is 8.80. The summed E-state index contributed by atoms with van der Waals surface area (Å²) in [6, 6.07) is 8.21. The number of nitrogens with one attached hydrogen (secondary N) is 1. The van der Waals surface area contributed by atoms with E-state index in [0.29, 0.717) is 0 Å². The smallest absolute Gasteiger partial charge is 0.0471 e. The Kier molecular flexibility index (Phi) is 4.97.